The van der Waals surface area contributed by atoms with Gasteiger partial charge in [-0.3, -0.25) is 9.69 Å². The number of nitriles is 1. The van der Waals surface area contributed by atoms with Gasteiger partial charge in [0.05, 0.1) is 36.0 Å². The lowest BCUT2D eigenvalue weighted by Gasteiger charge is -2.24. The van der Waals surface area contributed by atoms with Gasteiger partial charge in [0.25, 0.3) is 0 Å². The molecule has 1 aromatic heterocycles. The molecular weight excluding hydrogens is 374 g/mol. The highest BCUT2D eigenvalue weighted by molar-refractivity contribution is 5.65. The van der Waals surface area contributed by atoms with Gasteiger partial charge in [0.15, 0.2) is 0 Å². The summed E-state index contributed by atoms with van der Waals surface area (Å²) in [6.45, 7) is 2.96. The van der Waals surface area contributed by atoms with Crippen molar-refractivity contribution in [2.24, 2.45) is 17.4 Å². The molecule has 150 valence electrons. The van der Waals surface area contributed by atoms with Crippen molar-refractivity contribution in [1.29, 1.82) is 5.26 Å². The number of hydrogen-bond donors (Lipinski definition) is 1. The van der Waals surface area contributed by atoms with E-state index in [9.17, 15) is 0 Å². The van der Waals surface area contributed by atoms with Crippen LogP contribution in [0.4, 0.5) is 5.69 Å². The molecule has 3 unspecified atom stereocenters. The van der Waals surface area contributed by atoms with E-state index in [1.54, 1.807) is 0 Å². The minimum absolute atomic E-state index is 0.127. The van der Waals surface area contributed by atoms with E-state index >= 15 is 0 Å². The van der Waals surface area contributed by atoms with Crippen LogP contribution in [0, 0.1) is 11.3 Å². The molecule has 3 aromatic rings. The molecule has 0 spiro atoms. The summed E-state index contributed by atoms with van der Waals surface area (Å²) in [5.41, 5.74) is 6.47. The van der Waals surface area contributed by atoms with Gasteiger partial charge in [-0.1, -0.05) is 17.4 Å². The number of anilines is 1. The molecule has 3 heterocycles. The zero-order valence-electron chi connectivity index (χ0n) is 17.0. The maximum absolute atomic E-state index is 9.07. The Morgan fingerprint density at radius 1 is 1.10 bits per heavy atom. The van der Waals surface area contributed by atoms with Crippen molar-refractivity contribution in [1.82, 2.24) is 14.8 Å². The number of fused-ring (bicyclic) bond motifs is 3. The molecule has 2 aliphatic rings. The summed E-state index contributed by atoms with van der Waals surface area (Å²) in [6.07, 6.45) is 4.85. The number of nitrogens with zero attached hydrogens (tertiary/aromatic N) is 6. The third kappa shape index (κ3) is 3.20. The summed E-state index contributed by atoms with van der Waals surface area (Å²) >= 11 is 0. The van der Waals surface area contributed by atoms with Crippen molar-refractivity contribution in [3.8, 4) is 17.2 Å². The van der Waals surface area contributed by atoms with Gasteiger partial charge in [0.1, 0.15) is 0 Å². The first-order chi connectivity index (χ1) is 14.6. The van der Waals surface area contributed by atoms with E-state index in [-0.39, 0.29) is 18.1 Å². The first kappa shape index (κ1) is 18.4. The van der Waals surface area contributed by atoms with E-state index < -0.39 is 0 Å². The van der Waals surface area contributed by atoms with Crippen molar-refractivity contribution >= 4 is 5.69 Å². The van der Waals surface area contributed by atoms with Crippen LogP contribution in [0.25, 0.3) is 11.1 Å². The molecule has 2 aromatic carbocycles. The average Bonchev–Trinajstić information content (AvgIpc) is 3.32. The van der Waals surface area contributed by atoms with Crippen LogP contribution < -0.4 is 5.32 Å². The van der Waals surface area contributed by atoms with Gasteiger partial charge >= 0.3 is 0 Å². The minimum atomic E-state index is 0.127. The topological polar surface area (TPSA) is 81.6 Å². The molecule has 0 saturated heterocycles. The van der Waals surface area contributed by atoms with E-state index in [4.69, 9.17) is 5.26 Å². The van der Waals surface area contributed by atoms with Crippen LogP contribution in [0.2, 0.25) is 0 Å². The first-order valence-corrected chi connectivity index (χ1v) is 10.2. The van der Waals surface area contributed by atoms with Crippen molar-refractivity contribution in [2.75, 3.05) is 11.9 Å². The maximum atomic E-state index is 9.07. The molecule has 0 bridgehead atoms. The number of hydrogen-bond acceptors (Lipinski definition) is 6. The van der Waals surface area contributed by atoms with Gasteiger partial charge in [-0.25, -0.2) is 0 Å². The fourth-order valence-corrected chi connectivity index (χ4v) is 4.42. The summed E-state index contributed by atoms with van der Waals surface area (Å²) in [5, 5.41) is 28.1. The number of aryl methyl sites for hydroxylation is 1. The molecule has 0 radical (unpaired) electrons. The molecule has 7 heteroatoms. The predicted molar refractivity (Wildman–Crippen MR) is 115 cm³/mol. The van der Waals surface area contributed by atoms with Crippen molar-refractivity contribution in [3.05, 3.63) is 71.5 Å². The molecule has 0 amide bonds. The van der Waals surface area contributed by atoms with Crippen LogP contribution in [0.5, 0.6) is 0 Å². The van der Waals surface area contributed by atoms with Crippen molar-refractivity contribution in [2.45, 2.75) is 31.5 Å². The minimum Gasteiger partial charge on any atom is -0.378 e. The second-order valence-corrected chi connectivity index (χ2v) is 7.97. The van der Waals surface area contributed by atoms with Crippen LogP contribution in [-0.2, 0) is 7.05 Å². The lowest BCUT2D eigenvalue weighted by atomic mass is 9.90. The summed E-state index contributed by atoms with van der Waals surface area (Å²) in [4.78, 5) is 0. The molecule has 3 atom stereocenters. The van der Waals surface area contributed by atoms with Gasteiger partial charge < -0.3 is 5.32 Å². The normalized spacial score (nSPS) is 22.2. The quantitative estimate of drug-likeness (QED) is 0.699. The Labute approximate surface area is 175 Å². The van der Waals surface area contributed by atoms with Crippen LogP contribution in [0.1, 0.15) is 42.1 Å². The molecule has 30 heavy (non-hydrogen) atoms. The van der Waals surface area contributed by atoms with Crippen LogP contribution >= 0.6 is 0 Å². The Kier molecular flexibility index (Phi) is 4.47. The Bertz CT molecular complexity index is 1140. The number of rotatable bonds is 3. The summed E-state index contributed by atoms with van der Waals surface area (Å²) < 4.78 is 1.83. The van der Waals surface area contributed by atoms with Crippen molar-refractivity contribution < 1.29 is 0 Å². The Morgan fingerprint density at radius 2 is 1.93 bits per heavy atom. The Hall–Kier alpha value is -3.66. The lowest BCUT2D eigenvalue weighted by Crippen LogP contribution is -2.25. The van der Waals surface area contributed by atoms with Crippen molar-refractivity contribution in [3.63, 3.8) is 0 Å². The lowest BCUT2D eigenvalue weighted by molar-refractivity contribution is 0.227. The second-order valence-electron chi connectivity index (χ2n) is 7.97. The van der Waals surface area contributed by atoms with E-state index in [1.807, 2.05) is 48.4 Å². The molecule has 2 aliphatic heterocycles. The second kappa shape index (κ2) is 7.30. The van der Waals surface area contributed by atoms with Gasteiger partial charge in [-0.05, 0) is 60.4 Å². The zero-order valence-corrected chi connectivity index (χ0v) is 17.0. The fraction of sp³-hybridized carbons (Fsp3) is 0.304. The van der Waals surface area contributed by atoms with Gasteiger partial charge in [0.2, 0.25) is 0 Å². The van der Waals surface area contributed by atoms with Gasteiger partial charge in [-0.2, -0.15) is 15.5 Å². The largest absolute Gasteiger partial charge is 0.378 e. The third-order valence-corrected chi connectivity index (χ3v) is 5.95. The molecule has 0 saturated carbocycles. The van der Waals surface area contributed by atoms with Crippen LogP contribution in [-0.4, -0.2) is 27.4 Å². The van der Waals surface area contributed by atoms with E-state index in [1.165, 1.54) is 11.1 Å². The predicted octanol–water partition coefficient (Wildman–Crippen LogP) is 4.63. The average molecular weight is 397 g/mol. The Morgan fingerprint density at radius 3 is 2.67 bits per heavy atom. The summed E-state index contributed by atoms with van der Waals surface area (Å²) in [6, 6.07) is 16.9. The third-order valence-electron chi connectivity index (χ3n) is 5.95. The molecule has 7 nitrogen and oxygen atoms in total. The smallest absolute Gasteiger partial charge is 0.0991 e. The number of nitrogens with one attached hydrogen (secondary N) is 1. The fourth-order valence-electron chi connectivity index (χ4n) is 4.42. The molecule has 0 aliphatic carbocycles. The molecule has 5 rings (SSSR count). The summed E-state index contributed by atoms with van der Waals surface area (Å²) in [5.74, 6) is 0. The highest BCUT2D eigenvalue weighted by Crippen LogP contribution is 2.42. The number of benzene rings is 2. The van der Waals surface area contributed by atoms with Crippen LogP contribution in [0.15, 0.2) is 65.2 Å². The van der Waals surface area contributed by atoms with E-state index in [0.29, 0.717) is 5.56 Å². The maximum Gasteiger partial charge on any atom is 0.0991 e. The van der Waals surface area contributed by atoms with Gasteiger partial charge in [-0.15, -0.1) is 0 Å². The molecular formula is C23H23N7. The first-order valence-electron chi connectivity index (χ1n) is 10.2. The highest BCUT2D eigenvalue weighted by atomic mass is 15.6. The SMILES string of the molecule is CC1N=NN2CCC(Nc3ccc(C#N)cc3)c3cc(-c4cnn(C)c4)ccc3C12. The summed E-state index contributed by atoms with van der Waals surface area (Å²) in [7, 11) is 1.93. The van der Waals surface area contributed by atoms with Gasteiger partial charge in [0, 0.05) is 31.0 Å². The highest BCUT2D eigenvalue weighted by Gasteiger charge is 2.37. The van der Waals surface area contributed by atoms with E-state index in [2.05, 4.69) is 57.0 Å². The van der Waals surface area contributed by atoms with E-state index in [0.717, 1.165) is 29.8 Å². The monoisotopic (exact) mass is 397 g/mol. The zero-order chi connectivity index (χ0) is 20.7. The Balaban J connectivity index is 1.56. The molecule has 1 N–H and O–H groups in total. The number of aromatic nitrogens is 2. The standard InChI is InChI=1S/C23H23N7/c1-15-23-20-8-5-17(18-13-25-29(2)14-18)11-21(20)22(9-10-30(23)28-27-15)26-19-6-3-16(12-24)4-7-19/h3-8,11,13-15,22-23,26H,9-10H2,1-2H3. The van der Waals surface area contributed by atoms with Crippen LogP contribution in [0.3, 0.4) is 0 Å². The molecule has 0 fully saturated rings.